The minimum Gasteiger partial charge on any atom is -0.481 e. The van der Waals surface area contributed by atoms with Crippen LogP contribution in [0.4, 0.5) is 0 Å². The molecule has 0 radical (unpaired) electrons. The molecule has 1 aliphatic carbocycles. The maximum Gasteiger partial charge on any atom is 0.306 e. The second kappa shape index (κ2) is 6.14. The summed E-state index contributed by atoms with van der Waals surface area (Å²) in [6, 6.07) is 0. The van der Waals surface area contributed by atoms with Gasteiger partial charge in [-0.05, 0) is 18.3 Å². The molecular weight excluding hydrogens is 188 g/mol. The van der Waals surface area contributed by atoms with Gasteiger partial charge in [0.15, 0.2) is 0 Å². The Morgan fingerprint density at radius 1 is 1.20 bits per heavy atom. The number of hydrogen-bond acceptors (Lipinski definition) is 1. The van der Waals surface area contributed by atoms with Gasteiger partial charge < -0.3 is 5.11 Å². The van der Waals surface area contributed by atoms with Crippen molar-refractivity contribution >= 4 is 5.97 Å². The van der Waals surface area contributed by atoms with E-state index in [1.165, 1.54) is 38.5 Å². The van der Waals surface area contributed by atoms with Gasteiger partial charge in [-0.2, -0.15) is 0 Å². The number of aliphatic carboxylic acids is 1. The van der Waals surface area contributed by atoms with Crippen LogP contribution >= 0.6 is 0 Å². The third-order valence-electron chi connectivity index (χ3n) is 3.68. The topological polar surface area (TPSA) is 37.3 Å². The van der Waals surface area contributed by atoms with Gasteiger partial charge in [0.05, 0.1) is 5.92 Å². The lowest BCUT2D eigenvalue weighted by molar-refractivity contribution is -0.144. The molecule has 0 aromatic heterocycles. The van der Waals surface area contributed by atoms with Crippen LogP contribution in [0.15, 0.2) is 0 Å². The summed E-state index contributed by atoms with van der Waals surface area (Å²) in [5.41, 5.74) is 0. The second-order valence-electron chi connectivity index (χ2n) is 5.28. The Bertz CT molecular complexity index is 191. The molecule has 0 spiro atoms. The minimum absolute atomic E-state index is 0.131. The van der Waals surface area contributed by atoms with Crippen molar-refractivity contribution in [2.75, 3.05) is 0 Å². The highest BCUT2D eigenvalue weighted by molar-refractivity contribution is 5.70. The van der Waals surface area contributed by atoms with E-state index in [2.05, 4.69) is 0 Å². The highest BCUT2D eigenvalue weighted by atomic mass is 16.4. The van der Waals surface area contributed by atoms with Crippen LogP contribution in [0.3, 0.4) is 0 Å². The molecule has 1 atom stereocenters. The number of hydrogen-bond donors (Lipinski definition) is 1. The van der Waals surface area contributed by atoms with Gasteiger partial charge in [-0.3, -0.25) is 4.79 Å². The van der Waals surface area contributed by atoms with Crippen molar-refractivity contribution in [3.8, 4) is 0 Å². The Labute approximate surface area is 93.1 Å². The fraction of sp³-hybridized carbons (Fsp3) is 0.923. The van der Waals surface area contributed by atoms with Crippen LogP contribution in [0.5, 0.6) is 0 Å². The predicted molar refractivity (Wildman–Crippen MR) is 61.8 cm³/mol. The van der Waals surface area contributed by atoms with Gasteiger partial charge in [0.2, 0.25) is 0 Å². The van der Waals surface area contributed by atoms with E-state index < -0.39 is 5.97 Å². The zero-order valence-electron chi connectivity index (χ0n) is 10.0. The van der Waals surface area contributed by atoms with Gasteiger partial charge in [-0.1, -0.05) is 52.4 Å². The van der Waals surface area contributed by atoms with E-state index in [1.54, 1.807) is 0 Å². The highest BCUT2D eigenvalue weighted by Gasteiger charge is 2.25. The van der Waals surface area contributed by atoms with Crippen molar-refractivity contribution in [1.82, 2.24) is 0 Å². The molecule has 0 aliphatic heterocycles. The molecule has 0 aromatic carbocycles. The average Bonchev–Trinajstić information content (AvgIpc) is 2.41. The van der Waals surface area contributed by atoms with Crippen molar-refractivity contribution < 1.29 is 9.90 Å². The summed E-state index contributed by atoms with van der Waals surface area (Å²) in [6.07, 6.45) is 8.68. The Morgan fingerprint density at radius 3 is 2.13 bits per heavy atom. The number of carboxylic acid groups (broad SMARTS) is 1. The molecular formula is C13H24O2. The fourth-order valence-corrected chi connectivity index (χ4v) is 2.62. The lowest BCUT2D eigenvalue weighted by Crippen LogP contribution is -2.22. The highest BCUT2D eigenvalue weighted by Crippen LogP contribution is 2.30. The van der Waals surface area contributed by atoms with Crippen LogP contribution in [0.25, 0.3) is 0 Å². The van der Waals surface area contributed by atoms with E-state index >= 15 is 0 Å². The van der Waals surface area contributed by atoms with Gasteiger partial charge in [-0.25, -0.2) is 0 Å². The molecule has 1 aliphatic rings. The molecule has 0 bridgehead atoms. The quantitative estimate of drug-likeness (QED) is 0.721. The summed E-state index contributed by atoms with van der Waals surface area (Å²) in [4.78, 5) is 11.1. The summed E-state index contributed by atoms with van der Waals surface area (Å²) < 4.78 is 0. The van der Waals surface area contributed by atoms with E-state index in [4.69, 9.17) is 5.11 Å². The zero-order valence-corrected chi connectivity index (χ0v) is 10.0. The van der Waals surface area contributed by atoms with Crippen LogP contribution in [0.1, 0.15) is 58.8 Å². The van der Waals surface area contributed by atoms with Crippen molar-refractivity contribution in [2.24, 2.45) is 17.8 Å². The molecule has 1 saturated carbocycles. The second-order valence-corrected chi connectivity index (χ2v) is 5.28. The Balaban J connectivity index is 2.45. The monoisotopic (exact) mass is 212 g/mol. The van der Waals surface area contributed by atoms with E-state index in [0.29, 0.717) is 5.92 Å². The standard InChI is InChI=1S/C13H24O2/c1-10(2)12(13(14)15)9-11-7-5-3-4-6-8-11/h10-12H,3-9H2,1-2H3,(H,14,15). The average molecular weight is 212 g/mol. The van der Waals surface area contributed by atoms with E-state index in [0.717, 1.165) is 6.42 Å². The molecule has 2 heteroatoms. The molecule has 1 N–H and O–H groups in total. The van der Waals surface area contributed by atoms with Crippen LogP contribution in [-0.4, -0.2) is 11.1 Å². The summed E-state index contributed by atoms with van der Waals surface area (Å²) in [5.74, 6) is 0.198. The number of rotatable bonds is 4. The van der Waals surface area contributed by atoms with Gasteiger partial charge in [0, 0.05) is 0 Å². The minimum atomic E-state index is -0.603. The Hall–Kier alpha value is -0.530. The molecule has 1 rings (SSSR count). The maximum atomic E-state index is 11.1. The lowest BCUT2D eigenvalue weighted by Gasteiger charge is -2.22. The smallest absolute Gasteiger partial charge is 0.306 e. The molecule has 1 fully saturated rings. The van der Waals surface area contributed by atoms with Crippen molar-refractivity contribution in [1.29, 1.82) is 0 Å². The van der Waals surface area contributed by atoms with E-state index in [1.807, 2.05) is 13.8 Å². The van der Waals surface area contributed by atoms with Crippen molar-refractivity contribution in [3.63, 3.8) is 0 Å². The first-order chi connectivity index (χ1) is 7.11. The summed E-state index contributed by atoms with van der Waals surface area (Å²) in [6.45, 7) is 4.05. The van der Waals surface area contributed by atoms with Crippen LogP contribution < -0.4 is 0 Å². The number of carbonyl (C=O) groups is 1. The van der Waals surface area contributed by atoms with Crippen molar-refractivity contribution in [3.05, 3.63) is 0 Å². The molecule has 0 heterocycles. The SMILES string of the molecule is CC(C)C(CC1CCCCCC1)C(=O)O. The first-order valence-corrected chi connectivity index (χ1v) is 6.34. The van der Waals surface area contributed by atoms with E-state index in [-0.39, 0.29) is 11.8 Å². The Kier molecular flexibility index (Phi) is 5.13. The van der Waals surface area contributed by atoms with Crippen LogP contribution in [0, 0.1) is 17.8 Å². The first-order valence-electron chi connectivity index (χ1n) is 6.34. The molecule has 88 valence electrons. The van der Waals surface area contributed by atoms with Gasteiger partial charge in [-0.15, -0.1) is 0 Å². The summed E-state index contributed by atoms with van der Waals surface area (Å²) in [7, 11) is 0. The third-order valence-corrected chi connectivity index (χ3v) is 3.68. The molecule has 15 heavy (non-hydrogen) atoms. The van der Waals surface area contributed by atoms with E-state index in [9.17, 15) is 4.79 Å². The molecule has 1 unspecified atom stereocenters. The Morgan fingerprint density at radius 2 is 1.73 bits per heavy atom. The summed E-state index contributed by atoms with van der Waals surface area (Å²) in [5, 5.41) is 9.14. The van der Waals surface area contributed by atoms with Crippen molar-refractivity contribution in [2.45, 2.75) is 58.8 Å². The van der Waals surface area contributed by atoms with Gasteiger partial charge in [0.25, 0.3) is 0 Å². The van der Waals surface area contributed by atoms with Crippen LogP contribution in [-0.2, 0) is 4.79 Å². The largest absolute Gasteiger partial charge is 0.481 e. The first kappa shape index (κ1) is 12.5. The number of carboxylic acids is 1. The zero-order chi connectivity index (χ0) is 11.3. The third kappa shape index (κ3) is 4.23. The fourth-order valence-electron chi connectivity index (χ4n) is 2.62. The molecule has 0 saturated heterocycles. The predicted octanol–water partition coefficient (Wildman–Crippen LogP) is 3.70. The molecule has 2 nitrogen and oxygen atoms in total. The van der Waals surface area contributed by atoms with Crippen LogP contribution in [0.2, 0.25) is 0 Å². The molecule has 0 amide bonds. The van der Waals surface area contributed by atoms with Gasteiger partial charge >= 0.3 is 5.97 Å². The normalized spacial score (nSPS) is 21.3. The maximum absolute atomic E-state index is 11.1. The summed E-state index contributed by atoms with van der Waals surface area (Å²) >= 11 is 0. The van der Waals surface area contributed by atoms with Gasteiger partial charge in [0.1, 0.15) is 0 Å². The lowest BCUT2D eigenvalue weighted by atomic mass is 9.83. The molecule has 0 aromatic rings.